The van der Waals surface area contributed by atoms with Crippen molar-refractivity contribution < 1.29 is 18.7 Å². The molecule has 0 saturated heterocycles. The highest BCUT2D eigenvalue weighted by Gasteiger charge is 2.36. The summed E-state index contributed by atoms with van der Waals surface area (Å²) >= 11 is 6.11. The van der Waals surface area contributed by atoms with Gasteiger partial charge in [0, 0.05) is 10.7 Å². The van der Waals surface area contributed by atoms with Gasteiger partial charge in [0.1, 0.15) is 5.82 Å². The zero-order valence-corrected chi connectivity index (χ0v) is 18.2. The van der Waals surface area contributed by atoms with Crippen LogP contribution in [0.4, 0.5) is 10.1 Å². The predicted octanol–water partition coefficient (Wildman–Crippen LogP) is 5.96. The van der Waals surface area contributed by atoms with Gasteiger partial charge in [-0.1, -0.05) is 23.7 Å². The van der Waals surface area contributed by atoms with E-state index in [4.69, 9.17) is 21.1 Å². The van der Waals surface area contributed by atoms with E-state index in [1.165, 1.54) is 12.1 Å². The van der Waals surface area contributed by atoms with Gasteiger partial charge in [-0.25, -0.2) is 4.39 Å². The number of hydrogen-bond donors (Lipinski definition) is 0. The minimum Gasteiger partial charge on any atom is -0.490 e. The molecule has 0 saturated carbocycles. The predicted molar refractivity (Wildman–Crippen MR) is 120 cm³/mol. The van der Waals surface area contributed by atoms with Crippen molar-refractivity contribution in [3.63, 3.8) is 0 Å². The van der Waals surface area contributed by atoms with Gasteiger partial charge >= 0.3 is 0 Å². The summed E-state index contributed by atoms with van der Waals surface area (Å²) in [5.74, 6) is 0.832. The number of amides is 1. The standard InChI is InChI=1S/C25H23ClFNO3/c1-3-30-22-13-17-14-24(29)28(20-11-9-19(27)10-12-20)25(16-5-7-18(26)8-6-16)21(17)15-23(22)31-4-2/h5-13,15,25H,3-4,14H2,1-2H3. The molecule has 6 heteroatoms. The largest absolute Gasteiger partial charge is 0.490 e. The van der Waals surface area contributed by atoms with Crippen molar-refractivity contribution >= 4 is 23.2 Å². The quantitative estimate of drug-likeness (QED) is 0.476. The molecule has 0 aliphatic carbocycles. The van der Waals surface area contributed by atoms with Gasteiger partial charge in [0.25, 0.3) is 0 Å². The summed E-state index contributed by atoms with van der Waals surface area (Å²) in [6.07, 6.45) is 0.212. The summed E-state index contributed by atoms with van der Waals surface area (Å²) in [6, 6.07) is 16.8. The van der Waals surface area contributed by atoms with Crippen LogP contribution >= 0.6 is 11.6 Å². The molecule has 0 N–H and O–H groups in total. The van der Waals surface area contributed by atoms with Crippen LogP contribution in [-0.4, -0.2) is 19.1 Å². The number of carbonyl (C=O) groups is 1. The first-order chi connectivity index (χ1) is 15.0. The molecule has 4 nitrogen and oxygen atoms in total. The van der Waals surface area contributed by atoms with E-state index in [0.29, 0.717) is 35.4 Å². The Hall–Kier alpha value is -3.05. The SMILES string of the molecule is CCOc1cc2c(cc1OCC)C(c1ccc(Cl)cc1)N(c1ccc(F)cc1)C(=O)C2. The second-order valence-corrected chi connectivity index (χ2v) is 7.67. The third kappa shape index (κ3) is 4.23. The lowest BCUT2D eigenvalue weighted by Gasteiger charge is -2.38. The minimum absolute atomic E-state index is 0.0781. The first kappa shape index (κ1) is 21.2. The maximum absolute atomic E-state index is 13.6. The Kier molecular flexibility index (Phi) is 6.14. The normalized spacial score (nSPS) is 15.5. The molecule has 0 bridgehead atoms. The van der Waals surface area contributed by atoms with Crippen molar-refractivity contribution in [2.45, 2.75) is 26.3 Å². The van der Waals surface area contributed by atoms with Crippen LogP contribution in [0.1, 0.15) is 36.6 Å². The minimum atomic E-state index is -0.408. The maximum Gasteiger partial charge on any atom is 0.232 e. The molecule has 1 atom stereocenters. The molecule has 1 heterocycles. The Morgan fingerprint density at radius 3 is 2.19 bits per heavy atom. The fourth-order valence-electron chi connectivity index (χ4n) is 3.96. The summed E-state index contributed by atoms with van der Waals surface area (Å²) in [7, 11) is 0. The highest BCUT2D eigenvalue weighted by molar-refractivity contribution is 6.30. The Labute approximate surface area is 186 Å². The fraction of sp³-hybridized carbons (Fsp3) is 0.240. The van der Waals surface area contributed by atoms with Crippen LogP contribution in [0.3, 0.4) is 0 Å². The number of benzene rings is 3. The van der Waals surface area contributed by atoms with E-state index >= 15 is 0 Å². The molecule has 31 heavy (non-hydrogen) atoms. The molecule has 1 aliphatic heterocycles. The number of fused-ring (bicyclic) bond motifs is 1. The number of halogens is 2. The molecule has 0 spiro atoms. The number of hydrogen-bond acceptors (Lipinski definition) is 3. The van der Waals surface area contributed by atoms with Crippen molar-refractivity contribution in [2.24, 2.45) is 0 Å². The number of rotatable bonds is 6. The average molecular weight is 440 g/mol. The topological polar surface area (TPSA) is 38.8 Å². The van der Waals surface area contributed by atoms with Crippen LogP contribution in [0.5, 0.6) is 11.5 Å². The second kappa shape index (κ2) is 8.98. The third-order valence-electron chi connectivity index (χ3n) is 5.26. The van der Waals surface area contributed by atoms with Crippen molar-refractivity contribution in [1.82, 2.24) is 0 Å². The molecule has 1 amide bonds. The van der Waals surface area contributed by atoms with Crippen molar-refractivity contribution in [2.75, 3.05) is 18.1 Å². The second-order valence-electron chi connectivity index (χ2n) is 7.23. The first-order valence-electron chi connectivity index (χ1n) is 10.3. The summed E-state index contributed by atoms with van der Waals surface area (Å²) in [6.45, 7) is 4.81. The van der Waals surface area contributed by atoms with Crippen molar-refractivity contribution in [3.05, 3.63) is 88.2 Å². The van der Waals surface area contributed by atoms with E-state index in [2.05, 4.69) is 0 Å². The lowest BCUT2D eigenvalue weighted by atomic mass is 9.87. The Morgan fingerprint density at radius 2 is 1.58 bits per heavy atom. The van der Waals surface area contributed by atoms with E-state index in [1.54, 1.807) is 29.2 Å². The number of nitrogens with zero attached hydrogens (tertiary/aromatic N) is 1. The monoisotopic (exact) mass is 439 g/mol. The molecule has 3 aromatic rings. The lowest BCUT2D eigenvalue weighted by molar-refractivity contribution is -0.118. The average Bonchev–Trinajstić information content (AvgIpc) is 2.75. The summed E-state index contributed by atoms with van der Waals surface area (Å²) in [4.78, 5) is 15.0. The van der Waals surface area contributed by atoms with Gasteiger partial charge in [0.05, 0.1) is 25.7 Å². The van der Waals surface area contributed by atoms with E-state index in [1.807, 2.05) is 38.1 Å². The highest BCUT2D eigenvalue weighted by atomic mass is 35.5. The molecule has 0 fully saturated rings. The van der Waals surface area contributed by atoms with Crippen LogP contribution in [0.15, 0.2) is 60.7 Å². The molecule has 4 rings (SSSR count). The summed E-state index contributed by atoms with van der Waals surface area (Å²) in [5, 5.41) is 0.612. The van der Waals surface area contributed by atoms with Gasteiger partial charge in [-0.15, -0.1) is 0 Å². The van der Waals surface area contributed by atoms with Crippen molar-refractivity contribution in [1.29, 1.82) is 0 Å². The van der Waals surface area contributed by atoms with Crippen molar-refractivity contribution in [3.8, 4) is 11.5 Å². The van der Waals surface area contributed by atoms with Gasteiger partial charge in [-0.2, -0.15) is 0 Å². The smallest absolute Gasteiger partial charge is 0.232 e. The molecule has 0 radical (unpaired) electrons. The van der Waals surface area contributed by atoms with Crippen LogP contribution in [-0.2, 0) is 11.2 Å². The summed E-state index contributed by atoms with van der Waals surface area (Å²) < 4.78 is 25.2. The van der Waals surface area contributed by atoms with E-state index in [9.17, 15) is 9.18 Å². The van der Waals surface area contributed by atoms with Crippen LogP contribution < -0.4 is 14.4 Å². The van der Waals surface area contributed by atoms with Gasteiger partial charge in [-0.3, -0.25) is 4.79 Å². The Morgan fingerprint density at radius 1 is 0.968 bits per heavy atom. The molecular formula is C25H23ClFNO3. The Bertz CT molecular complexity index is 1080. The molecule has 1 aliphatic rings. The van der Waals surface area contributed by atoms with Crippen LogP contribution in [0, 0.1) is 5.82 Å². The van der Waals surface area contributed by atoms with E-state index < -0.39 is 6.04 Å². The zero-order chi connectivity index (χ0) is 22.0. The van der Waals surface area contributed by atoms with Crippen LogP contribution in [0.2, 0.25) is 5.02 Å². The lowest BCUT2D eigenvalue weighted by Crippen LogP contribution is -2.41. The summed E-state index contributed by atoms with van der Waals surface area (Å²) in [5.41, 5.74) is 3.35. The Balaban J connectivity index is 1.91. The fourth-order valence-corrected chi connectivity index (χ4v) is 4.09. The van der Waals surface area contributed by atoms with E-state index in [0.717, 1.165) is 16.7 Å². The van der Waals surface area contributed by atoms with Gasteiger partial charge in [-0.05, 0) is 79.1 Å². The van der Waals surface area contributed by atoms with Gasteiger partial charge < -0.3 is 14.4 Å². The zero-order valence-electron chi connectivity index (χ0n) is 17.4. The number of anilines is 1. The van der Waals surface area contributed by atoms with Gasteiger partial charge in [0.15, 0.2) is 11.5 Å². The first-order valence-corrected chi connectivity index (χ1v) is 10.6. The molecular weight excluding hydrogens is 417 g/mol. The third-order valence-corrected chi connectivity index (χ3v) is 5.51. The molecule has 1 unspecified atom stereocenters. The van der Waals surface area contributed by atoms with Crippen LogP contribution in [0.25, 0.3) is 0 Å². The van der Waals surface area contributed by atoms with Gasteiger partial charge in [0.2, 0.25) is 5.91 Å². The van der Waals surface area contributed by atoms with E-state index in [-0.39, 0.29) is 18.1 Å². The number of carbonyl (C=O) groups excluding carboxylic acids is 1. The highest BCUT2D eigenvalue weighted by Crippen LogP contribution is 2.43. The molecule has 3 aromatic carbocycles. The molecule has 0 aromatic heterocycles. The maximum atomic E-state index is 13.6. The number of ether oxygens (including phenoxy) is 2. The molecule has 160 valence electrons.